The second-order valence-electron chi connectivity index (χ2n) is 4.31. The molecule has 9 nitrogen and oxygen atoms in total. The van der Waals surface area contributed by atoms with Crippen LogP contribution in [-0.4, -0.2) is 43.5 Å². The van der Waals surface area contributed by atoms with Gasteiger partial charge in [-0.05, 0) is 26.0 Å². The maximum Gasteiger partial charge on any atom is 0.354 e. The molecule has 0 unspecified atom stereocenters. The molecule has 0 spiro atoms. The number of carbonyl (C=O) groups excluding carboxylic acids is 1. The van der Waals surface area contributed by atoms with E-state index in [4.69, 9.17) is 14.2 Å². The fourth-order valence-electron chi connectivity index (χ4n) is 1.51. The monoisotopic (exact) mass is 325 g/mol. The zero-order valence-corrected chi connectivity index (χ0v) is 13.2. The van der Waals surface area contributed by atoms with Crippen LogP contribution in [-0.2, 0) is 14.3 Å². The topological polar surface area (TPSA) is 112 Å². The van der Waals surface area contributed by atoms with E-state index in [1.807, 2.05) is 0 Å². The average Bonchev–Trinajstić information content (AvgIpc) is 2.53. The molecule has 0 amide bonds. The van der Waals surface area contributed by atoms with Gasteiger partial charge >= 0.3 is 5.97 Å². The van der Waals surface area contributed by atoms with Gasteiger partial charge in [0.1, 0.15) is 23.8 Å². The molecule has 0 aliphatic rings. The van der Waals surface area contributed by atoms with Crippen molar-refractivity contribution in [1.29, 1.82) is 0 Å². The number of rotatable bonds is 9. The van der Waals surface area contributed by atoms with Crippen LogP contribution in [0.3, 0.4) is 0 Å². The molecule has 9 heteroatoms. The molecule has 0 bridgehead atoms. The first kappa shape index (κ1) is 18.4. The normalized spacial score (nSPS) is 11.0. The average molecular weight is 325 g/mol. The van der Waals surface area contributed by atoms with Crippen LogP contribution in [0.15, 0.2) is 23.3 Å². The molecule has 23 heavy (non-hydrogen) atoms. The van der Waals surface area contributed by atoms with Gasteiger partial charge < -0.3 is 14.2 Å². The number of esters is 1. The number of ether oxygens (including phenoxy) is 3. The maximum atomic E-state index is 11.4. The number of nitro benzene ring substituents is 1. The number of nitro groups is 1. The number of carbonyl (C=O) groups is 1. The van der Waals surface area contributed by atoms with Crippen LogP contribution >= 0.6 is 0 Å². The lowest BCUT2D eigenvalue weighted by Crippen LogP contribution is -2.15. The SMILES string of the molecule is CCOC(=O)C(C)=NNc1ccc(OCCOC)cc1[N+](=O)[O-]. The fourth-order valence-corrected chi connectivity index (χ4v) is 1.51. The number of anilines is 1. The first-order valence-electron chi connectivity index (χ1n) is 6.87. The highest BCUT2D eigenvalue weighted by molar-refractivity contribution is 6.35. The predicted octanol–water partition coefficient (Wildman–Crippen LogP) is 1.97. The van der Waals surface area contributed by atoms with Crippen molar-refractivity contribution in [3.63, 3.8) is 0 Å². The summed E-state index contributed by atoms with van der Waals surface area (Å²) in [4.78, 5) is 22.0. The van der Waals surface area contributed by atoms with Gasteiger partial charge in [0.15, 0.2) is 0 Å². The lowest BCUT2D eigenvalue weighted by atomic mass is 10.2. The third kappa shape index (κ3) is 5.91. The van der Waals surface area contributed by atoms with Crippen LogP contribution in [0.2, 0.25) is 0 Å². The predicted molar refractivity (Wildman–Crippen MR) is 83.8 cm³/mol. The van der Waals surface area contributed by atoms with Crippen molar-refractivity contribution in [3.8, 4) is 5.75 Å². The number of nitrogens with one attached hydrogen (secondary N) is 1. The number of nitrogens with zero attached hydrogens (tertiary/aromatic N) is 2. The van der Waals surface area contributed by atoms with Gasteiger partial charge in [-0.2, -0.15) is 5.10 Å². The summed E-state index contributed by atoms with van der Waals surface area (Å²) in [6, 6.07) is 4.27. The molecule has 0 aromatic heterocycles. The van der Waals surface area contributed by atoms with Crippen molar-refractivity contribution in [1.82, 2.24) is 0 Å². The summed E-state index contributed by atoms with van der Waals surface area (Å²) < 4.78 is 14.9. The van der Waals surface area contributed by atoms with E-state index >= 15 is 0 Å². The number of hydrogen-bond acceptors (Lipinski definition) is 8. The largest absolute Gasteiger partial charge is 0.491 e. The fraction of sp³-hybridized carbons (Fsp3) is 0.429. The van der Waals surface area contributed by atoms with E-state index in [0.29, 0.717) is 12.4 Å². The third-order valence-electron chi connectivity index (χ3n) is 2.64. The zero-order chi connectivity index (χ0) is 17.2. The van der Waals surface area contributed by atoms with E-state index in [1.165, 1.54) is 26.2 Å². The summed E-state index contributed by atoms with van der Waals surface area (Å²) in [5.74, 6) is -0.257. The van der Waals surface area contributed by atoms with Crippen molar-refractivity contribution in [2.45, 2.75) is 13.8 Å². The highest BCUT2D eigenvalue weighted by atomic mass is 16.6. The van der Waals surface area contributed by atoms with E-state index in [2.05, 4.69) is 10.5 Å². The number of hydrogen-bond donors (Lipinski definition) is 1. The molecule has 126 valence electrons. The Labute approximate surface area is 133 Å². The smallest absolute Gasteiger partial charge is 0.354 e. The van der Waals surface area contributed by atoms with Gasteiger partial charge in [-0.1, -0.05) is 0 Å². The second-order valence-corrected chi connectivity index (χ2v) is 4.31. The molecular weight excluding hydrogens is 306 g/mol. The summed E-state index contributed by atoms with van der Waals surface area (Å²) in [6.07, 6.45) is 0. The first-order chi connectivity index (χ1) is 11.0. The van der Waals surface area contributed by atoms with E-state index in [1.54, 1.807) is 13.0 Å². The molecule has 1 aromatic rings. The lowest BCUT2D eigenvalue weighted by molar-refractivity contribution is -0.384. The van der Waals surface area contributed by atoms with Gasteiger partial charge in [-0.3, -0.25) is 15.5 Å². The summed E-state index contributed by atoms with van der Waals surface area (Å²) in [7, 11) is 1.53. The molecule has 1 rings (SSSR count). The van der Waals surface area contributed by atoms with Crippen molar-refractivity contribution >= 4 is 23.1 Å². The molecule has 0 aliphatic carbocycles. The molecule has 1 aromatic carbocycles. The van der Waals surface area contributed by atoms with Gasteiger partial charge in [0.25, 0.3) is 5.69 Å². The molecule has 0 heterocycles. The Morgan fingerprint density at radius 3 is 2.74 bits per heavy atom. The van der Waals surface area contributed by atoms with Gasteiger partial charge in [-0.15, -0.1) is 0 Å². The maximum absolute atomic E-state index is 11.4. The van der Waals surface area contributed by atoms with Gasteiger partial charge in [0.2, 0.25) is 0 Å². The molecule has 0 fully saturated rings. The van der Waals surface area contributed by atoms with Crippen molar-refractivity contribution < 1.29 is 23.9 Å². The zero-order valence-electron chi connectivity index (χ0n) is 13.2. The van der Waals surface area contributed by atoms with E-state index < -0.39 is 10.9 Å². The highest BCUT2D eigenvalue weighted by Gasteiger charge is 2.16. The minimum atomic E-state index is -0.595. The van der Waals surface area contributed by atoms with Crippen LogP contribution < -0.4 is 10.2 Å². The standard InChI is InChI=1S/C14H19N3O6/c1-4-22-14(18)10(2)15-16-12-6-5-11(23-8-7-21-3)9-13(12)17(19)20/h5-6,9,16H,4,7-8H2,1-3H3. The van der Waals surface area contributed by atoms with Crippen LogP contribution in [0.4, 0.5) is 11.4 Å². The summed E-state index contributed by atoms with van der Waals surface area (Å²) >= 11 is 0. The van der Waals surface area contributed by atoms with Gasteiger partial charge in [-0.25, -0.2) is 4.79 Å². The molecule has 0 aliphatic heterocycles. The Morgan fingerprint density at radius 2 is 2.13 bits per heavy atom. The minimum Gasteiger partial charge on any atom is -0.491 e. The Balaban J connectivity index is 2.87. The van der Waals surface area contributed by atoms with Gasteiger partial charge in [0.05, 0.1) is 24.2 Å². The van der Waals surface area contributed by atoms with E-state index in [9.17, 15) is 14.9 Å². The quantitative estimate of drug-likeness (QED) is 0.243. The van der Waals surface area contributed by atoms with Crippen molar-refractivity contribution in [3.05, 3.63) is 28.3 Å². The molecule has 1 N–H and O–H groups in total. The Hall–Kier alpha value is -2.68. The summed E-state index contributed by atoms with van der Waals surface area (Å²) in [5, 5.41) is 14.9. The van der Waals surface area contributed by atoms with Crippen LogP contribution in [0, 0.1) is 10.1 Å². The van der Waals surface area contributed by atoms with Crippen molar-refractivity contribution in [2.24, 2.45) is 5.10 Å². The van der Waals surface area contributed by atoms with Crippen LogP contribution in [0.25, 0.3) is 0 Å². The molecular formula is C14H19N3O6. The van der Waals surface area contributed by atoms with E-state index in [-0.39, 0.29) is 30.3 Å². The Bertz CT molecular complexity index is 588. The van der Waals surface area contributed by atoms with Crippen LogP contribution in [0.1, 0.15) is 13.8 Å². The Morgan fingerprint density at radius 1 is 1.39 bits per heavy atom. The number of methoxy groups -OCH3 is 1. The Kier molecular flexibility index (Phi) is 7.48. The molecule has 0 radical (unpaired) electrons. The molecule has 0 saturated carbocycles. The highest BCUT2D eigenvalue weighted by Crippen LogP contribution is 2.29. The first-order valence-corrected chi connectivity index (χ1v) is 6.87. The van der Waals surface area contributed by atoms with Crippen LogP contribution in [0.5, 0.6) is 5.75 Å². The summed E-state index contributed by atoms with van der Waals surface area (Å²) in [6.45, 7) is 3.99. The summed E-state index contributed by atoms with van der Waals surface area (Å²) in [5.41, 5.74) is 2.47. The second kappa shape index (κ2) is 9.36. The van der Waals surface area contributed by atoms with Gasteiger partial charge in [0, 0.05) is 7.11 Å². The number of benzene rings is 1. The van der Waals surface area contributed by atoms with E-state index in [0.717, 1.165) is 0 Å². The third-order valence-corrected chi connectivity index (χ3v) is 2.64. The molecule has 0 saturated heterocycles. The molecule has 0 atom stereocenters. The number of hydrazone groups is 1. The lowest BCUT2D eigenvalue weighted by Gasteiger charge is -2.08. The van der Waals surface area contributed by atoms with Crippen molar-refractivity contribution in [2.75, 3.05) is 32.4 Å². The minimum absolute atomic E-state index is 0.0570.